The third-order valence-electron chi connectivity index (χ3n) is 6.16. The molecular weight excluding hydrogens is 404 g/mol. The number of hydrogen-bond donors (Lipinski definition) is 1. The number of aromatic nitrogens is 3. The van der Waals surface area contributed by atoms with Gasteiger partial charge in [0.15, 0.2) is 0 Å². The van der Waals surface area contributed by atoms with Crippen LogP contribution >= 0.6 is 0 Å². The van der Waals surface area contributed by atoms with E-state index in [-0.39, 0.29) is 5.97 Å². The number of rotatable bonds is 4. The second-order valence-corrected chi connectivity index (χ2v) is 8.20. The maximum Gasteiger partial charge on any atom is 0.338 e. The van der Waals surface area contributed by atoms with Gasteiger partial charge in [0.1, 0.15) is 18.5 Å². The van der Waals surface area contributed by atoms with Gasteiger partial charge in [-0.15, -0.1) is 0 Å². The first-order valence-corrected chi connectivity index (χ1v) is 10.5. The summed E-state index contributed by atoms with van der Waals surface area (Å²) in [6.45, 7) is 6.78. The number of nitriles is 1. The van der Waals surface area contributed by atoms with Crippen LogP contribution in [-0.2, 0) is 30.9 Å². The lowest BCUT2D eigenvalue weighted by Gasteiger charge is -2.28. The molecule has 8 heteroatoms. The first kappa shape index (κ1) is 20.1. The van der Waals surface area contributed by atoms with Crippen LogP contribution in [0.3, 0.4) is 0 Å². The maximum absolute atomic E-state index is 11.8. The van der Waals surface area contributed by atoms with Gasteiger partial charge in [-0.05, 0) is 42.7 Å². The summed E-state index contributed by atoms with van der Waals surface area (Å²) in [5.74, 6) is 0.899. The minimum atomic E-state index is -0.227. The highest BCUT2D eigenvalue weighted by molar-refractivity contribution is 5.93. The number of benzene rings is 1. The van der Waals surface area contributed by atoms with Gasteiger partial charge >= 0.3 is 5.97 Å². The highest BCUT2D eigenvalue weighted by Crippen LogP contribution is 2.28. The number of cyclic esters (lactones) is 1. The number of nitrogens with zero attached hydrogens (tertiary/aromatic N) is 5. The minimum absolute atomic E-state index is 0.227. The van der Waals surface area contributed by atoms with Crippen molar-refractivity contribution in [2.45, 2.75) is 40.0 Å². The molecule has 160 valence electrons. The van der Waals surface area contributed by atoms with E-state index < -0.39 is 0 Å². The molecule has 5 rings (SSSR count). The van der Waals surface area contributed by atoms with Gasteiger partial charge in [0.05, 0.1) is 16.8 Å². The Hall–Kier alpha value is -3.83. The Morgan fingerprint density at radius 1 is 1.25 bits per heavy atom. The average Bonchev–Trinajstić information content (AvgIpc) is 3.17. The molecule has 2 aliphatic heterocycles. The summed E-state index contributed by atoms with van der Waals surface area (Å²) in [6.07, 6.45) is 4.25. The second-order valence-electron chi connectivity index (χ2n) is 8.20. The van der Waals surface area contributed by atoms with Crippen molar-refractivity contribution in [2.24, 2.45) is 0 Å². The number of nitrogens with one attached hydrogen (secondary N) is 1. The standard InChI is InChI=1S/C24H22N6O2/c1-14-7-22(26-9-17(14)8-25)29-24-27-10-18-12-30(6-5-21(18)28-24)11-16-3-4-19-20(15(16)2)13-32-23(19)31/h3-4,7,9-10H,5-6,11-13H2,1-2H3,(H,26,27,28,29). The highest BCUT2D eigenvalue weighted by atomic mass is 16.5. The Morgan fingerprint density at radius 2 is 2.12 bits per heavy atom. The van der Waals surface area contributed by atoms with Gasteiger partial charge < -0.3 is 10.1 Å². The summed E-state index contributed by atoms with van der Waals surface area (Å²) < 4.78 is 5.17. The number of ether oxygens (including phenoxy) is 1. The van der Waals surface area contributed by atoms with E-state index in [4.69, 9.17) is 10.00 Å². The van der Waals surface area contributed by atoms with Crippen molar-refractivity contribution in [1.82, 2.24) is 19.9 Å². The van der Waals surface area contributed by atoms with Gasteiger partial charge in [0.2, 0.25) is 5.95 Å². The molecule has 0 spiro atoms. The Balaban J connectivity index is 1.29. The van der Waals surface area contributed by atoms with Crippen molar-refractivity contribution >= 4 is 17.7 Å². The molecule has 4 heterocycles. The van der Waals surface area contributed by atoms with E-state index in [9.17, 15) is 4.79 Å². The third-order valence-corrected chi connectivity index (χ3v) is 6.16. The smallest absolute Gasteiger partial charge is 0.338 e. The molecule has 0 aliphatic carbocycles. The van der Waals surface area contributed by atoms with E-state index in [2.05, 4.69) is 38.2 Å². The maximum atomic E-state index is 11.8. The molecule has 0 atom stereocenters. The first-order valence-electron chi connectivity index (χ1n) is 10.5. The molecule has 0 saturated carbocycles. The van der Waals surface area contributed by atoms with Gasteiger partial charge in [-0.1, -0.05) is 6.07 Å². The SMILES string of the molecule is Cc1cc(Nc2ncc3c(n2)CCN(Cc2ccc4c(c2C)COC4=O)C3)ncc1C#N. The molecule has 2 aliphatic rings. The monoisotopic (exact) mass is 426 g/mol. The first-order chi connectivity index (χ1) is 15.5. The fourth-order valence-electron chi connectivity index (χ4n) is 4.24. The number of carbonyl (C=O) groups is 1. The fourth-order valence-corrected chi connectivity index (χ4v) is 4.24. The third kappa shape index (κ3) is 3.67. The Labute approximate surface area is 185 Å². The van der Waals surface area contributed by atoms with E-state index in [1.807, 2.05) is 31.3 Å². The van der Waals surface area contributed by atoms with E-state index in [1.165, 1.54) is 5.56 Å². The zero-order chi connectivity index (χ0) is 22.2. The molecule has 32 heavy (non-hydrogen) atoms. The fraction of sp³-hybridized carbons (Fsp3) is 0.292. The zero-order valence-electron chi connectivity index (χ0n) is 18.0. The molecule has 0 unspecified atom stereocenters. The van der Waals surface area contributed by atoms with Crippen molar-refractivity contribution in [1.29, 1.82) is 5.26 Å². The van der Waals surface area contributed by atoms with Crippen LogP contribution in [0, 0.1) is 25.2 Å². The second kappa shape index (κ2) is 8.02. The van der Waals surface area contributed by atoms with Crippen LogP contribution in [0.4, 0.5) is 11.8 Å². The van der Waals surface area contributed by atoms with Gasteiger partial charge in [-0.3, -0.25) is 4.90 Å². The summed E-state index contributed by atoms with van der Waals surface area (Å²) >= 11 is 0. The average molecular weight is 426 g/mol. The Morgan fingerprint density at radius 3 is 2.94 bits per heavy atom. The van der Waals surface area contributed by atoms with Gasteiger partial charge in [-0.25, -0.2) is 19.7 Å². The summed E-state index contributed by atoms with van der Waals surface area (Å²) in [5.41, 5.74) is 7.62. The predicted octanol–water partition coefficient (Wildman–Crippen LogP) is 3.33. The van der Waals surface area contributed by atoms with Crippen LogP contribution in [0.5, 0.6) is 0 Å². The molecule has 1 aromatic carbocycles. The van der Waals surface area contributed by atoms with E-state index in [0.29, 0.717) is 29.5 Å². The number of fused-ring (bicyclic) bond motifs is 2. The molecule has 0 saturated heterocycles. The molecule has 1 N–H and O–H groups in total. The van der Waals surface area contributed by atoms with E-state index in [1.54, 1.807) is 6.20 Å². The number of anilines is 2. The predicted molar refractivity (Wildman–Crippen MR) is 117 cm³/mol. The quantitative estimate of drug-likeness (QED) is 0.634. The summed E-state index contributed by atoms with van der Waals surface area (Å²) in [4.78, 5) is 27.6. The van der Waals surface area contributed by atoms with Crippen LogP contribution in [0.2, 0.25) is 0 Å². The van der Waals surface area contributed by atoms with Gasteiger partial charge in [0.25, 0.3) is 0 Å². The molecule has 2 aromatic heterocycles. The van der Waals surface area contributed by atoms with Crippen molar-refractivity contribution in [3.8, 4) is 6.07 Å². The number of esters is 1. The summed E-state index contributed by atoms with van der Waals surface area (Å²) in [5, 5.41) is 12.2. The van der Waals surface area contributed by atoms with Gasteiger partial charge in [-0.2, -0.15) is 5.26 Å². The summed E-state index contributed by atoms with van der Waals surface area (Å²) in [7, 11) is 0. The molecule has 3 aromatic rings. The molecule has 0 bridgehead atoms. The van der Waals surface area contributed by atoms with Crippen molar-refractivity contribution in [3.63, 3.8) is 0 Å². The highest BCUT2D eigenvalue weighted by Gasteiger charge is 2.25. The van der Waals surface area contributed by atoms with Gasteiger partial charge in [0, 0.05) is 49.6 Å². The number of hydrogen-bond acceptors (Lipinski definition) is 8. The van der Waals surface area contributed by atoms with Crippen molar-refractivity contribution in [3.05, 3.63) is 75.2 Å². The van der Waals surface area contributed by atoms with Crippen molar-refractivity contribution < 1.29 is 9.53 Å². The lowest BCUT2D eigenvalue weighted by molar-refractivity contribution is 0.0535. The molecule has 0 fully saturated rings. The number of carbonyl (C=O) groups excluding carboxylic acids is 1. The number of aryl methyl sites for hydroxylation is 1. The Kier molecular flexibility index (Phi) is 5.04. The summed E-state index contributed by atoms with van der Waals surface area (Å²) in [6, 6.07) is 7.85. The van der Waals surface area contributed by atoms with Crippen LogP contribution in [0.25, 0.3) is 0 Å². The topological polar surface area (TPSA) is 104 Å². The lowest BCUT2D eigenvalue weighted by Crippen LogP contribution is -2.31. The number of pyridine rings is 1. The van der Waals surface area contributed by atoms with Crippen LogP contribution in [0.15, 0.2) is 30.6 Å². The molecule has 8 nitrogen and oxygen atoms in total. The van der Waals surface area contributed by atoms with Crippen LogP contribution in [0.1, 0.15) is 49.4 Å². The van der Waals surface area contributed by atoms with Crippen LogP contribution in [-0.4, -0.2) is 32.4 Å². The molecule has 0 radical (unpaired) electrons. The van der Waals surface area contributed by atoms with E-state index >= 15 is 0 Å². The molecule has 0 amide bonds. The van der Waals surface area contributed by atoms with Crippen LogP contribution < -0.4 is 5.32 Å². The normalized spacial score (nSPS) is 15.0. The largest absolute Gasteiger partial charge is 0.457 e. The molecular formula is C24H22N6O2. The zero-order valence-corrected chi connectivity index (χ0v) is 18.0. The lowest BCUT2D eigenvalue weighted by atomic mass is 9.97. The minimum Gasteiger partial charge on any atom is -0.457 e. The Bertz CT molecular complexity index is 1280. The van der Waals surface area contributed by atoms with Crippen molar-refractivity contribution in [2.75, 3.05) is 11.9 Å². The van der Waals surface area contributed by atoms with E-state index in [0.717, 1.165) is 54.0 Å².